The molecule has 0 aromatic carbocycles. The number of fused-ring (bicyclic) bond motifs is 1. The summed E-state index contributed by atoms with van der Waals surface area (Å²) in [5.74, 6) is 1.48. The van der Waals surface area contributed by atoms with Crippen LogP contribution in [0.5, 0.6) is 5.75 Å². The van der Waals surface area contributed by atoms with E-state index in [1.807, 2.05) is 24.4 Å². The van der Waals surface area contributed by atoms with E-state index in [0.29, 0.717) is 12.3 Å². The van der Waals surface area contributed by atoms with Crippen molar-refractivity contribution >= 4 is 17.5 Å². The summed E-state index contributed by atoms with van der Waals surface area (Å²) in [6, 6.07) is 5.93. The summed E-state index contributed by atoms with van der Waals surface area (Å²) in [4.78, 5) is 10.9. The van der Waals surface area contributed by atoms with Crippen molar-refractivity contribution in [3.8, 4) is 16.9 Å². The largest absolute Gasteiger partial charge is 0.490 e. The molecule has 1 fully saturated rings. The van der Waals surface area contributed by atoms with Crippen molar-refractivity contribution in [3.05, 3.63) is 42.4 Å². The minimum atomic E-state index is -0.298. The molecule has 1 aliphatic rings. The number of hydrogen-bond donors (Lipinski definition) is 2. The summed E-state index contributed by atoms with van der Waals surface area (Å²) < 4.78 is 7.38. The molecular weight excluding hydrogens is 370 g/mol. The zero-order valence-electron chi connectivity index (χ0n) is 16.4. The number of piperidine rings is 1. The molecule has 0 unspecified atom stereocenters. The lowest BCUT2D eigenvalue weighted by Crippen LogP contribution is -2.38. The number of pyridine rings is 2. The zero-order valence-corrected chi connectivity index (χ0v) is 16.4. The summed E-state index contributed by atoms with van der Waals surface area (Å²) in [5, 5.41) is 23.4. The third-order valence-electron chi connectivity index (χ3n) is 5.02. The Bertz CT molecular complexity index is 999. The summed E-state index contributed by atoms with van der Waals surface area (Å²) in [6.45, 7) is 1.67. The molecule has 1 saturated heterocycles. The smallest absolute Gasteiger partial charge is 0.138 e. The van der Waals surface area contributed by atoms with Crippen LogP contribution in [0.2, 0.25) is 0 Å². The van der Waals surface area contributed by atoms with Crippen LogP contribution < -0.4 is 9.64 Å². The number of aliphatic hydroxyl groups excluding tert-OH is 2. The second kappa shape index (κ2) is 8.59. The normalized spacial score (nSPS) is 17.3. The molecule has 3 aromatic rings. The molecular formula is C21H25N5O3. The Morgan fingerprint density at radius 1 is 1.34 bits per heavy atom. The van der Waals surface area contributed by atoms with E-state index in [-0.39, 0.29) is 19.3 Å². The number of rotatable bonds is 6. The van der Waals surface area contributed by atoms with Gasteiger partial charge in [0.05, 0.1) is 30.6 Å². The lowest BCUT2D eigenvalue weighted by molar-refractivity contribution is 0.154. The van der Waals surface area contributed by atoms with E-state index in [1.165, 1.54) is 0 Å². The summed E-state index contributed by atoms with van der Waals surface area (Å²) in [5.41, 5.74) is 3.66. The van der Waals surface area contributed by atoms with Crippen LogP contribution in [0.4, 0.5) is 5.82 Å². The lowest BCUT2D eigenvalue weighted by atomic mass is 10.0. The molecule has 1 aliphatic heterocycles. The molecule has 0 radical (unpaired) electrons. The molecule has 29 heavy (non-hydrogen) atoms. The van der Waals surface area contributed by atoms with Crippen LogP contribution in [0.15, 0.2) is 41.8 Å². The van der Waals surface area contributed by atoms with Gasteiger partial charge in [0.2, 0.25) is 0 Å². The molecule has 2 N–H and O–H groups in total. The Morgan fingerprint density at radius 2 is 2.24 bits per heavy atom. The van der Waals surface area contributed by atoms with Crippen LogP contribution in [-0.4, -0.2) is 70.5 Å². The van der Waals surface area contributed by atoms with E-state index in [4.69, 9.17) is 9.84 Å². The van der Waals surface area contributed by atoms with Gasteiger partial charge >= 0.3 is 0 Å². The quantitative estimate of drug-likeness (QED) is 0.618. The summed E-state index contributed by atoms with van der Waals surface area (Å²) in [7, 11) is 1.73. The van der Waals surface area contributed by atoms with Crippen LogP contribution in [0.1, 0.15) is 18.4 Å². The predicted octanol–water partition coefficient (Wildman–Crippen LogP) is 1.78. The van der Waals surface area contributed by atoms with Gasteiger partial charge in [-0.25, -0.2) is 9.50 Å². The standard InChI is InChI=1S/C21H25N5O3/c1-22-10-16-12-24-26-14-18(29-8-7-27)9-19(21(16)26)15-4-5-20(23-11-15)25-6-2-3-17(28)13-25/h4-5,9-12,14,17,27-28H,2-3,6-8,13H2,1H3/t17-/m0/s1. The Labute approximate surface area is 169 Å². The van der Waals surface area contributed by atoms with Crippen LogP contribution in [0, 0.1) is 0 Å². The van der Waals surface area contributed by atoms with Gasteiger partial charge in [-0.3, -0.25) is 4.99 Å². The first-order valence-corrected chi connectivity index (χ1v) is 9.76. The molecule has 8 nitrogen and oxygen atoms in total. The van der Waals surface area contributed by atoms with Gasteiger partial charge in [-0.15, -0.1) is 0 Å². The molecule has 0 bridgehead atoms. The van der Waals surface area contributed by atoms with Crippen LogP contribution >= 0.6 is 0 Å². The van der Waals surface area contributed by atoms with Gasteiger partial charge in [0.1, 0.15) is 18.2 Å². The van der Waals surface area contributed by atoms with Gasteiger partial charge in [-0.05, 0) is 31.0 Å². The molecule has 8 heteroatoms. The molecule has 0 aliphatic carbocycles. The van der Waals surface area contributed by atoms with Crippen molar-refractivity contribution in [3.63, 3.8) is 0 Å². The molecule has 0 saturated carbocycles. The molecule has 1 atom stereocenters. The van der Waals surface area contributed by atoms with Gasteiger partial charge < -0.3 is 19.8 Å². The number of aromatic nitrogens is 3. The van der Waals surface area contributed by atoms with Crippen LogP contribution in [-0.2, 0) is 0 Å². The molecule has 152 valence electrons. The fourth-order valence-electron chi connectivity index (χ4n) is 3.71. The van der Waals surface area contributed by atoms with Gasteiger partial charge in [0, 0.05) is 49.2 Å². The number of aliphatic hydroxyl groups is 2. The van der Waals surface area contributed by atoms with Crippen molar-refractivity contribution in [2.45, 2.75) is 18.9 Å². The lowest BCUT2D eigenvalue weighted by Gasteiger charge is -2.31. The maximum atomic E-state index is 9.93. The minimum Gasteiger partial charge on any atom is -0.490 e. The number of ether oxygens (including phenoxy) is 1. The number of anilines is 1. The first kappa shape index (κ1) is 19.4. The van der Waals surface area contributed by atoms with E-state index in [1.54, 1.807) is 30.2 Å². The number of aliphatic imine (C=N–C) groups is 1. The van der Waals surface area contributed by atoms with E-state index in [9.17, 15) is 5.11 Å². The molecule has 0 spiro atoms. The second-order valence-electron chi connectivity index (χ2n) is 7.09. The van der Waals surface area contributed by atoms with E-state index in [2.05, 4.69) is 20.0 Å². The first-order chi connectivity index (χ1) is 14.2. The average Bonchev–Trinajstić information content (AvgIpc) is 3.15. The van der Waals surface area contributed by atoms with Crippen LogP contribution in [0.3, 0.4) is 0 Å². The first-order valence-electron chi connectivity index (χ1n) is 9.76. The summed E-state index contributed by atoms with van der Waals surface area (Å²) >= 11 is 0. The van der Waals surface area contributed by atoms with Crippen molar-refractivity contribution in [2.24, 2.45) is 4.99 Å². The minimum absolute atomic E-state index is 0.0574. The zero-order chi connectivity index (χ0) is 20.2. The monoisotopic (exact) mass is 395 g/mol. The highest BCUT2D eigenvalue weighted by Crippen LogP contribution is 2.31. The van der Waals surface area contributed by atoms with E-state index in [0.717, 1.165) is 47.4 Å². The SMILES string of the molecule is CN=Cc1cnn2cc(OCCO)cc(-c3ccc(N4CCC[C@H](O)C4)nc3)c12. The topological polar surface area (TPSA) is 95.5 Å². The fraction of sp³-hybridized carbons (Fsp3) is 0.381. The Hall–Kier alpha value is -2.97. The average molecular weight is 395 g/mol. The highest BCUT2D eigenvalue weighted by atomic mass is 16.5. The third kappa shape index (κ3) is 4.08. The van der Waals surface area contributed by atoms with Gasteiger partial charge in [0.15, 0.2) is 0 Å². The summed E-state index contributed by atoms with van der Waals surface area (Å²) in [6.07, 6.45) is 8.67. The van der Waals surface area contributed by atoms with Crippen LogP contribution in [0.25, 0.3) is 16.6 Å². The molecule has 4 rings (SSSR count). The van der Waals surface area contributed by atoms with Crippen molar-refractivity contribution < 1.29 is 14.9 Å². The highest BCUT2D eigenvalue weighted by molar-refractivity contribution is 5.96. The van der Waals surface area contributed by atoms with E-state index >= 15 is 0 Å². The Balaban J connectivity index is 1.73. The molecule has 0 amide bonds. The predicted molar refractivity (Wildman–Crippen MR) is 112 cm³/mol. The second-order valence-corrected chi connectivity index (χ2v) is 7.09. The maximum Gasteiger partial charge on any atom is 0.138 e. The Morgan fingerprint density at radius 3 is 2.97 bits per heavy atom. The number of β-amino-alcohol motifs (C(OH)–C–C–N with tert-alkyl or cyclic N) is 1. The van der Waals surface area contributed by atoms with Gasteiger partial charge in [0.25, 0.3) is 0 Å². The van der Waals surface area contributed by atoms with Crippen molar-refractivity contribution in [1.82, 2.24) is 14.6 Å². The maximum absolute atomic E-state index is 9.93. The molecule has 4 heterocycles. The van der Waals surface area contributed by atoms with Gasteiger partial charge in [-0.2, -0.15) is 5.10 Å². The Kier molecular flexibility index (Phi) is 5.73. The van der Waals surface area contributed by atoms with Gasteiger partial charge in [-0.1, -0.05) is 0 Å². The number of hydrogen-bond acceptors (Lipinski definition) is 7. The highest BCUT2D eigenvalue weighted by Gasteiger charge is 2.19. The van der Waals surface area contributed by atoms with Crippen molar-refractivity contribution in [1.29, 1.82) is 0 Å². The van der Waals surface area contributed by atoms with Crippen molar-refractivity contribution in [2.75, 3.05) is 38.3 Å². The fourth-order valence-corrected chi connectivity index (χ4v) is 3.71. The molecule has 3 aromatic heterocycles. The number of nitrogens with zero attached hydrogens (tertiary/aromatic N) is 5. The third-order valence-corrected chi connectivity index (χ3v) is 5.02. The van der Waals surface area contributed by atoms with E-state index < -0.39 is 0 Å².